The lowest BCUT2D eigenvalue weighted by Crippen LogP contribution is -2.70. The largest absolute Gasteiger partial charge is 0.399 e. The molecule has 0 aliphatic carbocycles. The predicted octanol–water partition coefficient (Wildman–Crippen LogP) is -1.98. The maximum atomic E-state index is 5.50. The van der Waals surface area contributed by atoms with Crippen LogP contribution in [0.5, 0.6) is 0 Å². The molecule has 1 rings (SSSR count). The average Bonchev–Trinajstić information content (AvgIpc) is 1.88. The van der Waals surface area contributed by atoms with Gasteiger partial charge < -0.3 is 5.73 Å². The third-order valence-electron chi connectivity index (χ3n) is 1.26. The summed E-state index contributed by atoms with van der Waals surface area (Å²) in [4.78, 5) is 0. The molecule has 1 aromatic carbocycles. The summed E-state index contributed by atoms with van der Waals surface area (Å²) in [7, 11) is 0. The molecule has 0 heterocycles. The Morgan fingerprint density at radius 3 is 2.60 bits per heavy atom. The van der Waals surface area contributed by atoms with Crippen molar-refractivity contribution < 1.29 is 11.1 Å². The number of rotatable bonds is 1. The van der Waals surface area contributed by atoms with Gasteiger partial charge >= 0.3 is 5.84 Å². The second-order valence-corrected chi connectivity index (χ2v) is 2.15. The van der Waals surface area contributed by atoms with Crippen LogP contribution in [0.2, 0.25) is 0 Å². The average molecular weight is 137 g/mol. The van der Waals surface area contributed by atoms with Crippen LogP contribution in [0.3, 0.4) is 0 Å². The molecular formula is C7H11N3+2. The molecule has 52 valence electrons. The van der Waals surface area contributed by atoms with Gasteiger partial charge in [-0.1, -0.05) is 6.07 Å². The van der Waals surface area contributed by atoms with Gasteiger partial charge in [0.1, 0.15) is 5.56 Å². The Kier molecular flexibility index (Phi) is 1.69. The smallest absolute Gasteiger partial charge is 0.362 e. The van der Waals surface area contributed by atoms with Gasteiger partial charge in [-0.2, -0.15) is 0 Å². The molecule has 0 atom stereocenters. The van der Waals surface area contributed by atoms with E-state index in [-0.39, 0.29) is 0 Å². The van der Waals surface area contributed by atoms with Crippen LogP contribution in [-0.2, 0) is 0 Å². The predicted molar refractivity (Wildman–Crippen MR) is 39.8 cm³/mol. The van der Waals surface area contributed by atoms with Crippen molar-refractivity contribution in [3.8, 4) is 0 Å². The Bertz CT molecular complexity index is 255. The van der Waals surface area contributed by atoms with Gasteiger partial charge in [0, 0.05) is 5.69 Å². The summed E-state index contributed by atoms with van der Waals surface area (Å²) in [5, 5.41) is 5.43. The van der Waals surface area contributed by atoms with Crippen molar-refractivity contribution in [1.29, 1.82) is 0 Å². The zero-order chi connectivity index (χ0) is 7.56. The van der Waals surface area contributed by atoms with Gasteiger partial charge in [0.15, 0.2) is 0 Å². The van der Waals surface area contributed by atoms with E-state index < -0.39 is 0 Å². The summed E-state index contributed by atoms with van der Waals surface area (Å²) in [6.45, 7) is 0. The number of hydrogen-bond acceptors (Lipinski definition) is 1. The van der Waals surface area contributed by atoms with E-state index in [0.717, 1.165) is 5.56 Å². The lowest BCUT2D eigenvalue weighted by atomic mass is 10.2. The molecule has 0 saturated heterocycles. The Balaban J connectivity index is 3.07. The molecule has 3 heteroatoms. The number of nitrogen functional groups attached to an aromatic ring is 1. The van der Waals surface area contributed by atoms with Crippen LogP contribution in [0.1, 0.15) is 5.56 Å². The molecule has 0 unspecified atom stereocenters. The van der Waals surface area contributed by atoms with E-state index in [1.807, 2.05) is 18.2 Å². The van der Waals surface area contributed by atoms with E-state index in [2.05, 4.69) is 5.73 Å². The Labute approximate surface area is 59.2 Å². The Morgan fingerprint density at radius 1 is 1.50 bits per heavy atom. The molecule has 0 amide bonds. The van der Waals surface area contributed by atoms with E-state index in [1.165, 1.54) is 0 Å². The first-order valence-corrected chi connectivity index (χ1v) is 3.00. The number of benzene rings is 1. The fraction of sp³-hybridized carbons (Fsp3) is 0. The van der Waals surface area contributed by atoms with E-state index in [0.29, 0.717) is 11.5 Å². The van der Waals surface area contributed by atoms with Crippen molar-refractivity contribution in [1.82, 2.24) is 0 Å². The molecule has 0 radical (unpaired) electrons. The number of nitrogens with two attached hydrogens (primary N) is 2. The molecule has 10 heavy (non-hydrogen) atoms. The van der Waals surface area contributed by atoms with Crippen molar-refractivity contribution in [3.63, 3.8) is 0 Å². The molecule has 0 fully saturated rings. The zero-order valence-corrected chi connectivity index (χ0v) is 5.67. The quantitative estimate of drug-likeness (QED) is 0.234. The third kappa shape index (κ3) is 1.33. The first-order chi connectivity index (χ1) is 4.70. The molecule has 0 aliphatic heterocycles. The monoisotopic (exact) mass is 137 g/mol. The fourth-order valence-corrected chi connectivity index (χ4v) is 0.738. The fourth-order valence-electron chi connectivity index (χ4n) is 0.738. The van der Waals surface area contributed by atoms with Gasteiger partial charge in [-0.25, -0.2) is 5.41 Å². The molecule has 0 aromatic heterocycles. The second kappa shape index (κ2) is 2.49. The number of anilines is 1. The standard InChI is InChI=1S/C7H9N3/c8-6-3-1-2-5(4-6)7(9)10/h1-4H,8H2,(H3,9,10)/p+2. The maximum Gasteiger partial charge on any atom is 0.362 e. The molecule has 0 aliphatic rings. The summed E-state index contributed by atoms with van der Waals surface area (Å²) in [5.74, 6) is 0.548. The SMILES string of the molecule is Nc1cccc(C(=[NH2+])[NH3+])c1. The van der Waals surface area contributed by atoms with E-state index >= 15 is 0 Å². The molecule has 0 spiro atoms. The first-order valence-electron chi connectivity index (χ1n) is 3.00. The molecule has 7 N–H and O–H groups in total. The normalized spacial score (nSPS) is 9.30. The van der Waals surface area contributed by atoms with Crippen LogP contribution in [0, 0.1) is 0 Å². The molecule has 0 bridgehead atoms. The lowest BCUT2D eigenvalue weighted by molar-refractivity contribution is -0.298. The van der Waals surface area contributed by atoms with E-state index in [4.69, 9.17) is 11.1 Å². The molecule has 1 aromatic rings. The Morgan fingerprint density at radius 2 is 2.20 bits per heavy atom. The van der Waals surface area contributed by atoms with Crippen LogP contribution >= 0.6 is 0 Å². The summed E-state index contributed by atoms with van der Waals surface area (Å²) in [6.07, 6.45) is 0. The van der Waals surface area contributed by atoms with Crippen LogP contribution in [0.4, 0.5) is 5.69 Å². The minimum Gasteiger partial charge on any atom is -0.399 e. The minimum atomic E-state index is 0.548. The zero-order valence-electron chi connectivity index (χ0n) is 5.67. The van der Waals surface area contributed by atoms with Gasteiger partial charge in [-0.15, -0.1) is 0 Å². The molecule has 0 saturated carbocycles. The first kappa shape index (κ1) is 6.77. The summed E-state index contributed by atoms with van der Waals surface area (Å²) < 4.78 is 0. The van der Waals surface area contributed by atoms with E-state index in [9.17, 15) is 0 Å². The second-order valence-electron chi connectivity index (χ2n) is 2.15. The van der Waals surface area contributed by atoms with E-state index in [1.54, 1.807) is 6.07 Å². The summed E-state index contributed by atoms with van der Waals surface area (Å²) in [6, 6.07) is 7.33. The summed E-state index contributed by atoms with van der Waals surface area (Å²) >= 11 is 0. The van der Waals surface area contributed by atoms with Crippen molar-refractivity contribution in [2.45, 2.75) is 0 Å². The molecular weight excluding hydrogens is 126 g/mol. The topological polar surface area (TPSA) is 79.2 Å². The molecule has 3 nitrogen and oxygen atoms in total. The third-order valence-corrected chi connectivity index (χ3v) is 1.26. The Hall–Kier alpha value is -1.35. The number of hydrogen-bond donors (Lipinski definition) is 3. The van der Waals surface area contributed by atoms with Crippen LogP contribution < -0.4 is 16.9 Å². The van der Waals surface area contributed by atoms with Crippen molar-refractivity contribution in [3.05, 3.63) is 29.8 Å². The highest BCUT2D eigenvalue weighted by atomic mass is 14.7. The lowest BCUT2D eigenvalue weighted by Gasteiger charge is -1.91. The van der Waals surface area contributed by atoms with Gasteiger partial charge in [-0.3, -0.25) is 5.73 Å². The van der Waals surface area contributed by atoms with Crippen molar-refractivity contribution in [2.24, 2.45) is 0 Å². The van der Waals surface area contributed by atoms with Crippen LogP contribution in [0.25, 0.3) is 0 Å². The summed E-state index contributed by atoms with van der Waals surface area (Å²) in [5.41, 5.74) is 10.7. The van der Waals surface area contributed by atoms with Gasteiger partial charge in [0.2, 0.25) is 0 Å². The maximum absolute atomic E-state index is 5.50. The highest BCUT2D eigenvalue weighted by Crippen LogP contribution is 2.03. The number of quaternary nitrogens is 1. The van der Waals surface area contributed by atoms with Crippen LogP contribution in [-0.4, -0.2) is 5.84 Å². The van der Waals surface area contributed by atoms with Gasteiger partial charge in [0.25, 0.3) is 0 Å². The minimum absolute atomic E-state index is 0.548. The van der Waals surface area contributed by atoms with Crippen LogP contribution in [0.15, 0.2) is 24.3 Å². The van der Waals surface area contributed by atoms with Crippen molar-refractivity contribution >= 4 is 11.5 Å². The van der Waals surface area contributed by atoms with Gasteiger partial charge in [0.05, 0.1) is 0 Å². The number of amidine groups is 1. The highest BCUT2D eigenvalue weighted by Gasteiger charge is 2.03. The van der Waals surface area contributed by atoms with Crippen molar-refractivity contribution in [2.75, 3.05) is 5.73 Å². The van der Waals surface area contributed by atoms with Gasteiger partial charge in [-0.05, 0) is 18.2 Å². The highest BCUT2D eigenvalue weighted by molar-refractivity contribution is 5.86.